The molecule has 0 saturated heterocycles. The van der Waals surface area contributed by atoms with Crippen molar-refractivity contribution < 1.29 is 0 Å². The molecule has 1 aromatic carbocycles. The summed E-state index contributed by atoms with van der Waals surface area (Å²) in [6.45, 7) is 11.5. The van der Waals surface area contributed by atoms with Gasteiger partial charge in [-0.05, 0) is 48.8 Å². The molecule has 0 spiro atoms. The lowest BCUT2D eigenvalue weighted by molar-refractivity contribution is 0.134. The molecule has 1 aliphatic rings. The van der Waals surface area contributed by atoms with Crippen LogP contribution in [0.25, 0.3) is 0 Å². The lowest BCUT2D eigenvalue weighted by Gasteiger charge is -2.49. The van der Waals surface area contributed by atoms with E-state index in [9.17, 15) is 0 Å². The Morgan fingerprint density at radius 1 is 1.26 bits per heavy atom. The van der Waals surface area contributed by atoms with Crippen LogP contribution in [0.15, 0.2) is 24.3 Å². The summed E-state index contributed by atoms with van der Waals surface area (Å²) in [5.74, 6) is 1.43. The van der Waals surface area contributed by atoms with Crippen LogP contribution in [-0.2, 0) is 5.41 Å². The van der Waals surface area contributed by atoms with Gasteiger partial charge in [-0.2, -0.15) is 0 Å². The molecule has 0 aliphatic heterocycles. The Morgan fingerprint density at radius 3 is 2.37 bits per heavy atom. The molecule has 0 heterocycles. The van der Waals surface area contributed by atoms with Gasteiger partial charge in [0.2, 0.25) is 0 Å². The number of nitrogens with one attached hydrogen (secondary N) is 1. The third-order valence-electron chi connectivity index (χ3n) is 4.99. The first-order valence-electron chi connectivity index (χ1n) is 7.91. The van der Waals surface area contributed by atoms with Gasteiger partial charge in [-0.15, -0.1) is 0 Å². The number of hydrogen-bond donors (Lipinski definition) is 1. The summed E-state index contributed by atoms with van der Waals surface area (Å²) < 4.78 is 0. The second-order valence-corrected chi connectivity index (χ2v) is 6.55. The van der Waals surface area contributed by atoms with Gasteiger partial charge >= 0.3 is 0 Å². The van der Waals surface area contributed by atoms with Gasteiger partial charge < -0.3 is 5.32 Å². The van der Waals surface area contributed by atoms with Crippen LogP contribution < -0.4 is 5.32 Å². The summed E-state index contributed by atoms with van der Waals surface area (Å²) >= 11 is 0. The third kappa shape index (κ3) is 2.86. The van der Waals surface area contributed by atoms with E-state index in [4.69, 9.17) is 0 Å². The van der Waals surface area contributed by atoms with Gasteiger partial charge in [0.15, 0.2) is 0 Å². The summed E-state index contributed by atoms with van der Waals surface area (Å²) in [5, 5.41) is 3.64. The van der Waals surface area contributed by atoms with E-state index in [1.807, 2.05) is 0 Å². The molecule has 0 bridgehead atoms. The molecule has 1 N–H and O–H groups in total. The number of rotatable bonds is 6. The minimum atomic E-state index is 0.394. The Morgan fingerprint density at radius 2 is 1.95 bits per heavy atom. The van der Waals surface area contributed by atoms with Crippen molar-refractivity contribution in [3.8, 4) is 0 Å². The highest BCUT2D eigenvalue weighted by Gasteiger charge is 2.44. The van der Waals surface area contributed by atoms with Gasteiger partial charge in [-0.1, -0.05) is 52.0 Å². The zero-order valence-electron chi connectivity index (χ0n) is 13.0. The Bertz CT molecular complexity index is 393. The van der Waals surface area contributed by atoms with E-state index in [0.717, 1.165) is 19.0 Å². The summed E-state index contributed by atoms with van der Waals surface area (Å²) in [7, 11) is 0. The van der Waals surface area contributed by atoms with Crippen LogP contribution in [0.2, 0.25) is 0 Å². The van der Waals surface area contributed by atoms with Gasteiger partial charge in [-0.3, -0.25) is 0 Å². The molecule has 106 valence electrons. The van der Waals surface area contributed by atoms with E-state index in [1.165, 1.54) is 24.8 Å². The monoisotopic (exact) mass is 259 g/mol. The van der Waals surface area contributed by atoms with E-state index in [2.05, 4.69) is 57.3 Å². The summed E-state index contributed by atoms with van der Waals surface area (Å²) in [4.78, 5) is 0. The molecule has 1 heteroatoms. The SMILES string of the molecule is CCCNCC1(c2ccc(C(C)C)cc2)CCC1C. The van der Waals surface area contributed by atoms with Crippen LogP contribution in [0.5, 0.6) is 0 Å². The molecular weight excluding hydrogens is 230 g/mol. The molecule has 2 atom stereocenters. The van der Waals surface area contributed by atoms with Crippen molar-refractivity contribution in [3.63, 3.8) is 0 Å². The number of hydrogen-bond acceptors (Lipinski definition) is 1. The Balaban J connectivity index is 2.15. The van der Waals surface area contributed by atoms with Gasteiger partial charge in [-0.25, -0.2) is 0 Å². The predicted octanol–water partition coefficient (Wildman–Crippen LogP) is 4.48. The molecule has 0 amide bonds. The molecule has 19 heavy (non-hydrogen) atoms. The summed E-state index contributed by atoms with van der Waals surface area (Å²) in [5.41, 5.74) is 3.39. The largest absolute Gasteiger partial charge is 0.316 e. The van der Waals surface area contributed by atoms with E-state index < -0.39 is 0 Å². The van der Waals surface area contributed by atoms with Crippen molar-refractivity contribution in [2.45, 2.75) is 58.3 Å². The molecule has 2 unspecified atom stereocenters. The van der Waals surface area contributed by atoms with Crippen LogP contribution in [0.4, 0.5) is 0 Å². The van der Waals surface area contributed by atoms with Crippen molar-refractivity contribution in [3.05, 3.63) is 35.4 Å². The lowest BCUT2D eigenvalue weighted by Crippen LogP contribution is -2.50. The Kier molecular flexibility index (Phi) is 4.67. The molecule has 1 saturated carbocycles. The average molecular weight is 259 g/mol. The topological polar surface area (TPSA) is 12.0 Å². The Labute approximate surface area is 118 Å². The summed E-state index contributed by atoms with van der Waals surface area (Å²) in [6, 6.07) is 9.40. The Hall–Kier alpha value is -0.820. The fraction of sp³-hybridized carbons (Fsp3) is 0.667. The van der Waals surface area contributed by atoms with Gasteiger partial charge in [0.05, 0.1) is 0 Å². The second-order valence-electron chi connectivity index (χ2n) is 6.55. The maximum atomic E-state index is 3.64. The van der Waals surface area contributed by atoms with E-state index in [-0.39, 0.29) is 0 Å². The van der Waals surface area contributed by atoms with Crippen LogP contribution in [0.1, 0.15) is 64.0 Å². The standard InChI is InChI=1S/C18H29N/c1-5-12-19-13-18(11-10-15(18)4)17-8-6-16(7-9-17)14(2)3/h6-9,14-15,19H,5,10-13H2,1-4H3. The molecule has 0 radical (unpaired) electrons. The molecule has 1 aromatic rings. The quantitative estimate of drug-likeness (QED) is 0.743. The highest BCUT2D eigenvalue weighted by atomic mass is 14.9. The molecule has 1 aliphatic carbocycles. The minimum absolute atomic E-state index is 0.394. The van der Waals surface area contributed by atoms with Crippen molar-refractivity contribution in [2.24, 2.45) is 5.92 Å². The summed E-state index contributed by atoms with van der Waals surface area (Å²) in [6.07, 6.45) is 3.93. The molecule has 1 fully saturated rings. The van der Waals surface area contributed by atoms with Crippen LogP contribution in [0, 0.1) is 5.92 Å². The first kappa shape index (κ1) is 14.6. The lowest BCUT2D eigenvalue weighted by atomic mass is 9.57. The molecule has 0 aromatic heterocycles. The van der Waals surface area contributed by atoms with Gasteiger partial charge in [0, 0.05) is 12.0 Å². The van der Waals surface area contributed by atoms with Crippen molar-refractivity contribution in [1.82, 2.24) is 5.32 Å². The van der Waals surface area contributed by atoms with Crippen molar-refractivity contribution in [1.29, 1.82) is 0 Å². The molecule has 1 nitrogen and oxygen atoms in total. The van der Waals surface area contributed by atoms with Gasteiger partial charge in [0.1, 0.15) is 0 Å². The first-order chi connectivity index (χ1) is 9.10. The minimum Gasteiger partial charge on any atom is -0.316 e. The zero-order valence-corrected chi connectivity index (χ0v) is 13.0. The van der Waals surface area contributed by atoms with E-state index >= 15 is 0 Å². The number of benzene rings is 1. The van der Waals surface area contributed by atoms with E-state index in [1.54, 1.807) is 5.56 Å². The smallest absolute Gasteiger partial charge is 0.0103 e. The van der Waals surface area contributed by atoms with Crippen LogP contribution in [-0.4, -0.2) is 13.1 Å². The van der Waals surface area contributed by atoms with Crippen LogP contribution >= 0.6 is 0 Å². The maximum Gasteiger partial charge on any atom is 0.0103 e. The highest BCUT2D eigenvalue weighted by Crippen LogP contribution is 2.48. The molecular formula is C18H29N. The normalized spacial score (nSPS) is 26.5. The van der Waals surface area contributed by atoms with Crippen LogP contribution in [0.3, 0.4) is 0 Å². The van der Waals surface area contributed by atoms with E-state index in [0.29, 0.717) is 11.3 Å². The predicted molar refractivity (Wildman–Crippen MR) is 83.8 cm³/mol. The molecule has 2 rings (SSSR count). The average Bonchev–Trinajstić information content (AvgIpc) is 2.42. The maximum absolute atomic E-state index is 3.64. The van der Waals surface area contributed by atoms with Gasteiger partial charge in [0.25, 0.3) is 0 Å². The third-order valence-corrected chi connectivity index (χ3v) is 4.99. The first-order valence-corrected chi connectivity index (χ1v) is 7.91. The second kappa shape index (κ2) is 6.09. The fourth-order valence-corrected chi connectivity index (χ4v) is 3.26. The highest BCUT2D eigenvalue weighted by molar-refractivity contribution is 5.34. The fourth-order valence-electron chi connectivity index (χ4n) is 3.26. The van der Waals surface area contributed by atoms with Crippen molar-refractivity contribution in [2.75, 3.05) is 13.1 Å². The van der Waals surface area contributed by atoms with Crippen molar-refractivity contribution >= 4 is 0 Å². The zero-order chi connectivity index (χ0) is 13.9.